The standard InChI is InChI=1S/C18H13N3O/c1-12-6-7-14-10-13-4-2-3-5-15(13)20-17(14)16(12)18(22)21-9-8-19-11-21/h2-11H,1H3. The van der Waals surface area contributed by atoms with E-state index in [1.54, 1.807) is 12.4 Å². The van der Waals surface area contributed by atoms with Gasteiger partial charge in [0.1, 0.15) is 6.33 Å². The first-order valence-corrected chi connectivity index (χ1v) is 7.06. The fraction of sp³-hybridized carbons (Fsp3) is 0.0556. The number of aryl methyl sites for hydroxylation is 1. The molecule has 0 radical (unpaired) electrons. The van der Waals surface area contributed by atoms with Gasteiger partial charge in [0.15, 0.2) is 0 Å². The largest absolute Gasteiger partial charge is 0.272 e. The SMILES string of the molecule is Cc1ccc2cc3ccccc3nc2c1C(=O)n1ccnc1. The molecule has 4 aromatic rings. The molecule has 0 amide bonds. The molecular formula is C18H13N3O. The van der Waals surface area contributed by atoms with Crippen molar-refractivity contribution in [3.63, 3.8) is 0 Å². The van der Waals surface area contributed by atoms with E-state index in [0.717, 1.165) is 27.4 Å². The Morgan fingerprint density at radius 1 is 1.09 bits per heavy atom. The molecule has 0 saturated carbocycles. The highest BCUT2D eigenvalue weighted by Crippen LogP contribution is 2.25. The van der Waals surface area contributed by atoms with E-state index in [2.05, 4.69) is 11.1 Å². The molecule has 0 aliphatic heterocycles. The number of hydrogen-bond donors (Lipinski definition) is 0. The van der Waals surface area contributed by atoms with E-state index >= 15 is 0 Å². The zero-order chi connectivity index (χ0) is 15.1. The van der Waals surface area contributed by atoms with E-state index in [-0.39, 0.29) is 5.91 Å². The Kier molecular flexibility index (Phi) is 2.76. The summed E-state index contributed by atoms with van der Waals surface area (Å²) in [6.45, 7) is 1.93. The van der Waals surface area contributed by atoms with Crippen molar-refractivity contribution in [1.82, 2.24) is 14.5 Å². The van der Waals surface area contributed by atoms with Gasteiger partial charge >= 0.3 is 0 Å². The predicted molar refractivity (Wildman–Crippen MR) is 85.9 cm³/mol. The highest BCUT2D eigenvalue weighted by molar-refractivity contribution is 6.09. The lowest BCUT2D eigenvalue weighted by molar-refractivity contribution is 0.0960. The Hall–Kier alpha value is -3.01. The van der Waals surface area contributed by atoms with Crippen LogP contribution in [0.15, 0.2) is 61.2 Å². The number of benzene rings is 2. The number of hydrogen-bond acceptors (Lipinski definition) is 3. The van der Waals surface area contributed by atoms with Crippen LogP contribution in [0.5, 0.6) is 0 Å². The summed E-state index contributed by atoms with van der Waals surface area (Å²) in [6.07, 6.45) is 4.77. The van der Waals surface area contributed by atoms with Gasteiger partial charge in [0.25, 0.3) is 5.91 Å². The van der Waals surface area contributed by atoms with E-state index in [4.69, 9.17) is 4.98 Å². The van der Waals surface area contributed by atoms with Gasteiger partial charge < -0.3 is 0 Å². The van der Waals surface area contributed by atoms with Gasteiger partial charge in [0.2, 0.25) is 0 Å². The monoisotopic (exact) mass is 287 g/mol. The molecule has 2 aromatic carbocycles. The van der Waals surface area contributed by atoms with Crippen molar-refractivity contribution >= 4 is 27.7 Å². The van der Waals surface area contributed by atoms with Gasteiger partial charge in [-0.2, -0.15) is 0 Å². The van der Waals surface area contributed by atoms with Crippen molar-refractivity contribution in [3.05, 3.63) is 72.3 Å². The first-order chi connectivity index (χ1) is 10.7. The van der Waals surface area contributed by atoms with Crippen molar-refractivity contribution in [1.29, 1.82) is 0 Å². The molecule has 0 aliphatic rings. The second-order valence-corrected chi connectivity index (χ2v) is 5.29. The zero-order valence-electron chi connectivity index (χ0n) is 12.0. The van der Waals surface area contributed by atoms with E-state index < -0.39 is 0 Å². The smallest absolute Gasteiger partial charge is 0.265 e. The molecule has 0 saturated heterocycles. The highest BCUT2D eigenvalue weighted by Gasteiger charge is 2.16. The number of nitrogens with zero attached hydrogens (tertiary/aromatic N) is 3. The molecule has 0 unspecified atom stereocenters. The average molecular weight is 287 g/mol. The van der Waals surface area contributed by atoms with Gasteiger partial charge in [0, 0.05) is 23.2 Å². The van der Waals surface area contributed by atoms with Gasteiger partial charge in [-0.25, -0.2) is 9.97 Å². The number of para-hydroxylation sites is 1. The lowest BCUT2D eigenvalue weighted by Crippen LogP contribution is -2.12. The van der Waals surface area contributed by atoms with Crippen LogP contribution in [0.25, 0.3) is 21.8 Å². The molecule has 2 heterocycles. The first kappa shape index (κ1) is 12.7. The molecule has 0 fully saturated rings. The Morgan fingerprint density at radius 2 is 1.95 bits per heavy atom. The third-order valence-electron chi connectivity index (χ3n) is 3.85. The summed E-state index contributed by atoms with van der Waals surface area (Å²) in [5.74, 6) is -0.108. The van der Waals surface area contributed by atoms with Crippen molar-refractivity contribution < 1.29 is 4.79 Å². The third kappa shape index (κ3) is 1.89. The number of pyridine rings is 1. The molecule has 4 nitrogen and oxygen atoms in total. The Bertz CT molecular complexity index is 1000. The van der Waals surface area contributed by atoms with Gasteiger partial charge in [-0.1, -0.05) is 30.3 Å². The van der Waals surface area contributed by atoms with E-state index in [1.165, 1.54) is 10.9 Å². The van der Waals surface area contributed by atoms with Crippen molar-refractivity contribution in [2.45, 2.75) is 6.92 Å². The average Bonchev–Trinajstić information content (AvgIpc) is 3.07. The maximum Gasteiger partial charge on any atom is 0.265 e. The maximum atomic E-state index is 12.8. The number of carbonyl (C=O) groups is 1. The fourth-order valence-corrected chi connectivity index (χ4v) is 2.72. The van der Waals surface area contributed by atoms with Gasteiger partial charge in [0.05, 0.1) is 16.6 Å². The molecule has 0 atom stereocenters. The van der Waals surface area contributed by atoms with Crippen molar-refractivity contribution in [2.24, 2.45) is 0 Å². The van der Waals surface area contributed by atoms with Crippen molar-refractivity contribution in [2.75, 3.05) is 0 Å². The number of rotatable bonds is 1. The van der Waals surface area contributed by atoms with Gasteiger partial charge in [-0.15, -0.1) is 0 Å². The van der Waals surface area contributed by atoms with Crippen LogP contribution in [-0.2, 0) is 0 Å². The normalized spacial score (nSPS) is 11.1. The molecule has 0 aliphatic carbocycles. The number of fused-ring (bicyclic) bond motifs is 2. The van der Waals surface area contributed by atoms with Crippen LogP contribution in [0.3, 0.4) is 0 Å². The Labute approximate surface area is 127 Å². The molecule has 2 aromatic heterocycles. The fourth-order valence-electron chi connectivity index (χ4n) is 2.72. The second kappa shape index (κ2) is 4.77. The van der Waals surface area contributed by atoms with Crippen LogP contribution >= 0.6 is 0 Å². The van der Waals surface area contributed by atoms with Crippen LogP contribution in [-0.4, -0.2) is 20.4 Å². The maximum absolute atomic E-state index is 12.8. The van der Waals surface area contributed by atoms with Crippen LogP contribution in [0, 0.1) is 6.92 Å². The summed E-state index contributed by atoms with van der Waals surface area (Å²) < 4.78 is 1.48. The van der Waals surface area contributed by atoms with Crippen molar-refractivity contribution in [3.8, 4) is 0 Å². The van der Waals surface area contributed by atoms with Crippen LogP contribution in [0.1, 0.15) is 15.9 Å². The van der Waals surface area contributed by atoms with E-state index in [0.29, 0.717) is 5.56 Å². The summed E-state index contributed by atoms with van der Waals surface area (Å²) >= 11 is 0. The molecule has 4 rings (SSSR count). The van der Waals surface area contributed by atoms with Crippen LogP contribution in [0.2, 0.25) is 0 Å². The minimum atomic E-state index is -0.108. The number of imidazole rings is 1. The molecule has 106 valence electrons. The molecule has 0 spiro atoms. The first-order valence-electron chi connectivity index (χ1n) is 7.06. The second-order valence-electron chi connectivity index (χ2n) is 5.29. The topological polar surface area (TPSA) is 47.8 Å². The molecule has 0 bridgehead atoms. The lowest BCUT2D eigenvalue weighted by atomic mass is 10.0. The van der Waals surface area contributed by atoms with Gasteiger partial charge in [-0.05, 0) is 24.6 Å². The van der Waals surface area contributed by atoms with Crippen LogP contribution in [0.4, 0.5) is 0 Å². The summed E-state index contributed by atoms with van der Waals surface area (Å²) in [4.78, 5) is 21.4. The summed E-state index contributed by atoms with van der Waals surface area (Å²) in [7, 11) is 0. The minimum absolute atomic E-state index is 0.108. The van der Waals surface area contributed by atoms with Crippen LogP contribution < -0.4 is 0 Å². The minimum Gasteiger partial charge on any atom is -0.272 e. The summed E-state index contributed by atoms with van der Waals surface area (Å²) in [6, 6.07) is 14.0. The Balaban J connectivity index is 2.06. The predicted octanol–water partition coefficient (Wildman–Crippen LogP) is 3.58. The third-order valence-corrected chi connectivity index (χ3v) is 3.85. The van der Waals surface area contributed by atoms with E-state index in [9.17, 15) is 4.79 Å². The molecule has 22 heavy (non-hydrogen) atoms. The molecule has 4 heteroatoms. The molecule has 0 N–H and O–H groups in total. The van der Waals surface area contributed by atoms with E-state index in [1.807, 2.05) is 43.3 Å². The summed E-state index contributed by atoms with van der Waals surface area (Å²) in [5.41, 5.74) is 3.16. The lowest BCUT2D eigenvalue weighted by Gasteiger charge is -2.10. The summed E-state index contributed by atoms with van der Waals surface area (Å²) in [5, 5.41) is 2.03. The Morgan fingerprint density at radius 3 is 2.77 bits per heavy atom. The highest BCUT2D eigenvalue weighted by atomic mass is 16.2. The van der Waals surface area contributed by atoms with Gasteiger partial charge in [-0.3, -0.25) is 9.36 Å². The number of carbonyl (C=O) groups excluding carboxylic acids is 1. The molecular weight excluding hydrogens is 274 g/mol. The quantitative estimate of drug-likeness (QED) is 0.503. The number of aromatic nitrogens is 3. The zero-order valence-corrected chi connectivity index (χ0v) is 12.0.